The molecule has 98 valence electrons. The maximum atomic E-state index is 4.68. The van der Waals surface area contributed by atoms with Gasteiger partial charge in [0.2, 0.25) is 0 Å². The van der Waals surface area contributed by atoms with Gasteiger partial charge in [-0.05, 0) is 25.5 Å². The molecule has 0 amide bonds. The number of hydrogen-bond donors (Lipinski definition) is 1. The minimum atomic E-state index is 0.726. The first-order valence-corrected chi connectivity index (χ1v) is 6.91. The molecule has 1 aromatic heterocycles. The van der Waals surface area contributed by atoms with Gasteiger partial charge < -0.3 is 5.32 Å². The van der Waals surface area contributed by atoms with Gasteiger partial charge in [0.05, 0.1) is 11.2 Å². The van der Waals surface area contributed by atoms with E-state index < -0.39 is 0 Å². The molecular weight excluding hydrogens is 222 g/mol. The van der Waals surface area contributed by atoms with Crippen LogP contribution in [0.1, 0.15) is 32.9 Å². The Labute approximate surface area is 109 Å². The van der Waals surface area contributed by atoms with Crippen LogP contribution in [0, 0.1) is 5.92 Å². The zero-order valence-electron chi connectivity index (χ0n) is 11.6. The van der Waals surface area contributed by atoms with Crippen molar-refractivity contribution in [2.75, 3.05) is 6.54 Å². The first kappa shape index (κ1) is 13.1. The summed E-state index contributed by atoms with van der Waals surface area (Å²) in [5.41, 5.74) is 2.40. The molecule has 1 heterocycles. The number of aromatic nitrogens is 2. The smallest absolute Gasteiger partial charge is 0.0841 e. The number of aryl methyl sites for hydroxylation is 1. The van der Waals surface area contributed by atoms with Crippen molar-refractivity contribution in [3.63, 3.8) is 0 Å². The van der Waals surface area contributed by atoms with Gasteiger partial charge in [-0.25, -0.2) is 0 Å². The van der Waals surface area contributed by atoms with Crippen molar-refractivity contribution >= 4 is 10.9 Å². The fourth-order valence-corrected chi connectivity index (χ4v) is 2.15. The van der Waals surface area contributed by atoms with Gasteiger partial charge in [0.25, 0.3) is 0 Å². The van der Waals surface area contributed by atoms with E-state index in [4.69, 9.17) is 0 Å². The Balaban J connectivity index is 2.13. The second kappa shape index (κ2) is 6.01. The van der Waals surface area contributed by atoms with Gasteiger partial charge in [0.15, 0.2) is 0 Å². The normalized spacial score (nSPS) is 13.1. The molecule has 2 aromatic rings. The van der Waals surface area contributed by atoms with E-state index in [1.165, 1.54) is 17.3 Å². The summed E-state index contributed by atoms with van der Waals surface area (Å²) in [5, 5.41) is 9.46. The molecule has 3 nitrogen and oxygen atoms in total. The summed E-state index contributed by atoms with van der Waals surface area (Å²) in [5.74, 6) is 0.726. The third-order valence-corrected chi connectivity index (χ3v) is 3.52. The predicted octanol–water partition coefficient (Wildman–Crippen LogP) is 3.19. The van der Waals surface area contributed by atoms with Crippen LogP contribution in [-0.4, -0.2) is 16.3 Å². The van der Waals surface area contributed by atoms with Gasteiger partial charge in [0.1, 0.15) is 0 Å². The first-order chi connectivity index (χ1) is 8.76. The second-order valence-corrected chi connectivity index (χ2v) is 4.92. The maximum Gasteiger partial charge on any atom is 0.0841 e. The average Bonchev–Trinajstić information content (AvgIpc) is 2.77. The number of hydrogen-bond acceptors (Lipinski definition) is 2. The van der Waals surface area contributed by atoms with E-state index in [-0.39, 0.29) is 0 Å². The number of rotatable bonds is 6. The number of para-hydroxylation sites is 1. The molecule has 0 radical (unpaired) electrons. The Kier molecular flexibility index (Phi) is 4.37. The summed E-state index contributed by atoms with van der Waals surface area (Å²) >= 11 is 0. The highest BCUT2D eigenvalue weighted by Crippen LogP contribution is 2.18. The summed E-state index contributed by atoms with van der Waals surface area (Å²) in [7, 11) is 0. The number of fused-ring (bicyclic) bond motifs is 1. The minimum absolute atomic E-state index is 0.726. The SMILES string of the molecule is CCC(C)CNCc1nn(CC)c2ccccc12. The van der Waals surface area contributed by atoms with Crippen molar-refractivity contribution in [3.05, 3.63) is 30.0 Å². The van der Waals surface area contributed by atoms with Crippen LogP contribution in [0.15, 0.2) is 24.3 Å². The topological polar surface area (TPSA) is 29.9 Å². The largest absolute Gasteiger partial charge is 0.311 e. The zero-order valence-corrected chi connectivity index (χ0v) is 11.6. The first-order valence-electron chi connectivity index (χ1n) is 6.91. The summed E-state index contributed by atoms with van der Waals surface area (Å²) in [4.78, 5) is 0. The minimum Gasteiger partial charge on any atom is -0.311 e. The van der Waals surface area contributed by atoms with Crippen LogP contribution < -0.4 is 5.32 Å². The van der Waals surface area contributed by atoms with Crippen LogP contribution in [0.5, 0.6) is 0 Å². The Morgan fingerprint density at radius 2 is 2.06 bits per heavy atom. The van der Waals surface area contributed by atoms with Crippen LogP contribution in [0.25, 0.3) is 10.9 Å². The summed E-state index contributed by atoms with van der Waals surface area (Å²) in [6.45, 7) is 9.48. The van der Waals surface area contributed by atoms with Crippen molar-refractivity contribution in [2.24, 2.45) is 5.92 Å². The van der Waals surface area contributed by atoms with E-state index in [2.05, 4.69) is 60.1 Å². The molecule has 0 fully saturated rings. The lowest BCUT2D eigenvalue weighted by Gasteiger charge is -2.08. The van der Waals surface area contributed by atoms with E-state index in [0.717, 1.165) is 31.2 Å². The lowest BCUT2D eigenvalue weighted by atomic mass is 10.1. The quantitative estimate of drug-likeness (QED) is 0.847. The van der Waals surface area contributed by atoms with E-state index in [1.54, 1.807) is 0 Å². The predicted molar refractivity (Wildman–Crippen MR) is 76.6 cm³/mol. The fraction of sp³-hybridized carbons (Fsp3) is 0.533. The molecule has 1 unspecified atom stereocenters. The summed E-state index contributed by atoms with van der Waals surface area (Å²) in [6.07, 6.45) is 1.22. The molecule has 0 aliphatic heterocycles. The average molecular weight is 245 g/mol. The Morgan fingerprint density at radius 1 is 1.28 bits per heavy atom. The highest BCUT2D eigenvalue weighted by atomic mass is 15.3. The summed E-state index contributed by atoms with van der Waals surface area (Å²) in [6, 6.07) is 8.47. The molecule has 0 aliphatic carbocycles. The Bertz CT molecular complexity index is 501. The fourth-order valence-electron chi connectivity index (χ4n) is 2.15. The molecule has 0 bridgehead atoms. The standard InChI is InChI=1S/C15H23N3/c1-4-12(3)10-16-11-14-13-8-6-7-9-15(13)18(5-2)17-14/h6-9,12,16H,4-5,10-11H2,1-3H3. The van der Waals surface area contributed by atoms with Crippen molar-refractivity contribution in [3.8, 4) is 0 Å². The molecule has 18 heavy (non-hydrogen) atoms. The summed E-state index contributed by atoms with van der Waals surface area (Å²) < 4.78 is 2.08. The lowest BCUT2D eigenvalue weighted by Crippen LogP contribution is -2.20. The number of benzene rings is 1. The van der Waals surface area contributed by atoms with Crippen LogP contribution in [0.4, 0.5) is 0 Å². The van der Waals surface area contributed by atoms with Crippen LogP contribution in [0.2, 0.25) is 0 Å². The van der Waals surface area contributed by atoms with Crippen molar-refractivity contribution in [1.29, 1.82) is 0 Å². The Morgan fingerprint density at radius 3 is 2.78 bits per heavy atom. The van der Waals surface area contributed by atoms with Gasteiger partial charge in [0, 0.05) is 18.5 Å². The molecule has 1 N–H and O–H groups in total. The lowest BCUT2D eigenvalue weighted by molar-refractivity contribution is 0.495. The number of nitrogens with one attached hydrogen (secondary N) is 1. The van der Waals surface area contributed by atoms with Crippen molar-refractivity contribution < 1.29 is 0 Å². The molecule has 3 heteroatoms. The second-order valence-electron chi connectivity index (χ2n) is 4.92. The van der Waals surface area contributed by atoms with Crippen molar-refractivity contribution in [1.82, 2.24) is 15.1 Å². The van der Waals surface area contributed by atoms with E-state index >= 15 is 0 Å². The molecule has 0 saturated carbocycles. The molecule has 2 rings (SSSR count). The number of nitrogens with zero attached hydrogens (tertiary/aromatic N) is 2. The van der Waals surface area contributed by atoms with Crippen LogP contribution in [-0.2, 0) is 13.1 Å². The molecule has 1 atom stereocenters. The molecule has 1 aromatic carbocycles. The molecule has 0 saturated heterocycles. The van der Waals surface area contributed by atoms with Gasteiger partial charge >= 0.3 is 0 Å². The van der Waals surface area contributed by atoms with E-state index in [9.17, 15) is 0 Å². The molecule has 0 aliphatic rings. The third-order valence-electron chi connectivity index (χ3n) is 3.52. The van der Waals surface area contributed by atoms with Gasteiger partial charge in [-0.2, -0.15) is 5.10 Å². The zero-order chi connectivity index (χ0) is 13.0. The van der Waals surface area contributed by atoms with Gasteiger partial charge in [-0.3, -0.25) is 4.68 Å². The maximum absolute atomic E-state index is 4.68. The van der Waals surface area contributed by atoms with Crippen molar-refractivity contribution in [2.45, 2.75) is 40.3 Å². The highest BCUT2D eigenvalue weighted by molar-refractivity contribution is 5.81. The van der Waals surface area contributed by atoms with E-state index in [0.29, 0.717) is 0 Å². The van der Waals surface area contributed by atoms with Gasteiger partial charge in [-0.1, -0.05) is 38.5 Å². The Hall–Kier alpha value is -1.35. The third kappa shape index (κ3) is 2.72. The van der Waals surface area contributed by atoms with Gasteiger partial charge in [-0.15, -0.1) is 0 Å². The molecule has 0 spiro atoms. The van der Waals surface area contributed by atoms with Crippen LogP contribution in [0.3, 0.4) is 0 Å². The van der Waals surface area contributed by atoms with Crippen LogP contribution >= 0.6 is 0 Å². The highest BCUT2D eigenvalue weighted by Gasteiger charge is 2.08. The molecular formula is C15H23N3. The monoisotopic (exact) mass is 245 g/mol. The van der Waals surface area contributed by atoms with E-state index in [1.807, 2.05) is 0 Å².